The molecular formula is C25H26N10O2. The fraction of sp³-hybridized carbons (Fsp3) is 0.200. The molecule has 5 heterocycles. The summed E-state index contributed by atoms with van der Waals surface area (Å²) in [6.45, 7) is 3.13. The van der Waals surface area contributed by atoms with Crippen LogP contribution >= 0.6 is 0 Å². The molecule has 37 heavy (non-hydrogen) atoms. The number of urea groups is 1. The number of pyridine rings is 1. The van der Waals surface area contributed by atoms with Crippen molar-refractivity contribution in [2.75, 3.05) is 23.8 Å². The highest BCUT2D eigenvalue weighted by molar-refractivity contribution is 5.92. The lowest BCUT2D eigenvalue weighted by Gasteiger charge is -2.17. The van der Waals surface area contributed by atoms with E-state index < -0.39 is 0 Å². The number of H-pyrrole nitrogens is 1. The van der Waals surface area contributed by atoms with Crippen molar-refractivity contribution in [3.05, 3.63) is 73.2 Å². The van der Waals surface area contributed by atoms with Gasteiger partial charge in [-0.1, -0.05) is 6.07 Å². The van der Waals surface area contributed by atoms with Crippen LogP contribution in [0.1, 0.15) is 12.0 Å². The van der Waals surface area contributed by atoms with Gasteiger partial charge in [0.05, 0.1) is 19.5 Å². The summed E-state index contributed by atoms with van der Waals surface area (Å²) < 4.78 is 1.75. The van der Waals surface area contributed by atoms with E-state index in [1.54, 1.807) is 23.4 Å². The molecule has 0 unspecified atom stereocenters. The minimum atomic E-state index is -0.284. The molecule has 12 heteroatoms. The topological polar surface area (TPSA) is 139 Å². The standard InChI is InChI=1S/C21H20N8O2.C4H6N2/c1-13-5-6-14(27-21(30)29-8-3-9-31-29)10-16(13)28-19-15(4-2-7-22-19)17-18-20(25-11-23-17)26-12-24-18;1-6-4-2-3-5-6/h2,4-7,10-12H,3,8-9H2,1H3,(H,22,28)(H,27,30)(H,23,24,25,26);2-4H,1H3. The van der Waals surface area contributed by atoms with E-state index in [1.165, 1.54) is 11.4 Å². The number of aromatic amines is 1. The molecule has 0 saturated carbocycles. The molecule has 12 nitrogen and oxygen atoms in total. The second-order valence-electron chi connectivity index (χ2n) is 8.28. The van der Waals surface area contributed by atoms with Crippen LogP contribution in [0.25, 0.3) is 22.4 Å². The van der Waals surface area contributed by atoms with Gasteiger partial charge in [-0.05, 0) is 49.2 Å². The minimum absolute atomic E-state index is 0.284. The van der Waals surface area contributed by atoms with Crippen molar-refractivity contribution in [1.29, 1.82) is 0 Å². The van der Waals surface area contributed by atoms with Gasteiger partial charge in [-0.15, -0.1) is 0 Å². The third-order valence-corrected chi connectivity index (χ3v) is 5.64. The number of hydrogen-bond acceptors (Lipinski definition) is 8. The van der Waals surface area contributed by atoms with Crippen LogP contribution in [0.15, 0.2) is 67.6 Å². The van der Waals surface area contributed by atoms with Gasteiger partial charge in [-0.2, -0.15) is 5.10 Å². The molecular weight excluding hydrogens is 472 g/mol. The lowest BCUT2D eigenvalue weighted by Crippen LogP contribution is -2.31. The summed E-state index contributed by atoms with van der Waals surface area (Å²) in [6, 6.07) is 11.0. The number of hydroxylamine groups is 2. The van der Waals surface area contributed by atoms with E-state index >= 15 is 0 Å². The fourth-order valence-corrected chi connectivity index (χ4v) is 3.77. The molecule has 0 bridgehead atoms. The number of anilines is 3. The first-order valence-corrected chi connectivity index (χ1v) is 11.7. The molecule has 1 saturated heterocycles. The molecule has 2 amide bonds. The third-order valence-electron chi connectivity index (χ3n) is 5.64. The zero-order valence-electron chi connectivity index (χ0n) is 20.4. The van der Waals surface area contributed by atoms with Crippen molar-refractivity contribution < 1.29 is 9.63 Å². The largest absolute Gasteiger partial charge is 0.345 e. The Morgan fingerprint density at radius 3 is 2.78 bits per heavy atom. The molecule has 0 aliphatic carbocycles. The Kier molecular flexibility index (Phi) is 6.99. The Balaban J connectivity index is 0.000000412. The molecule has 0 atom stereocenters. The summed E-state index contributed by atoms with van der Waals surface area (Å²) in [6.07, 6.45) is 9.26. The van der Waals surface area contributed by atoms with Gasteiger partial charge in [0.25, 0.3) is 0 Å². The summed E-state index contributed by atoms with van der Waals surface area (Å²) in [4.78, 5) is 38.1. The van der Waals surface area contributed by atoms with Gasteiger partial charge in [0.15, 0.2) is 5.65 Å². The van der Waals surface area contributed by atoms with Crippen molar-refractivity contribution in [3.8, 4) is 11.3 Å². The predicted octanol–water partition coefficient (Wildman–Crippen LogP) is 4.06. The number of benzene rings is 1. The van der Waals surface area contributed by atoms with Gasteiger partial charge < -0.3 is 15.6 Å². The van der Waals surface area contributed by atoms with E-state index in [4.69, 9.17) is 4.84 Å². The van der Waals surface area contributed by atoms with Gasteiger partial charge in [0, 0.05) is 42.6 Å². The molecule has 0 radical (unpaired) electrons. The molecule has 3 N–H and O–H groups in total. The molecule has 0 spiro atoms. The van der Waals surface area contributed by atoms with Crippen molar-refractivity contribution in [2.45, 2.75) is 13.3 Å². The summed E-state index contributed by atoms with van der Waals surface area (Å²) >= 11 is 0. The van der Waals surface area contributed by atoms with Crippen LogP contribution in [-0.2, 0) is 11.9 Å². The van der Waals surface area contributed by atoms with E-state index in [1.807, 2.05) is 56.6 Å². The highest BCUT2D eigenvalue weighted by Gasteiger charge is 2.20. The number of carbonyl (C=O) groups is 1. The number of aromatic nitrogens is 7. The normalized spacial score (nSPS) is 12.8. The summed E-state index contributed by atoms with van der Waals surface area (Å²) in [5.41, 5.74) is 5.30. The highest BCUT2D eigenvalue weighted by atomic mass is 16.7. The minimum Gasteiger partial charge on any atom is -0.341 e. The van der Waals surface area contributed by atoms with E-state index in [0.29, 0.717) is 36.0 Å². The quantitative estimate of drug-likeness (QED) is 0.337. The first-order valence-electron chi connectivity index (χ1n) is 11.7. The maximum Gasteiger partial charge on any atom is 0.345 e. The van der Waals surface area contributed by atoms with Crippen LogP contribution in [0, 0.1) is 6.92 Å². The van der Waals surface area contributed by atoms with E-state index in [-0.39, 0.29) is 6.03 Å². The van der Waals surface area contributed by atoms with Gasteiger partial charge in [-0.25, -0.2) is 29.8 Å². The fourth-order valence-electron chi connectivity index (χ4n) is 3.77. The average molecular weight is 499 g/mol. The summed E-state index contributed by atoms with van der Waals surface area (Å²) in [5.74, 6) is 0.631. The van der Waals surface area contributed by atoms with Crippen LogP contribution in [0.3, 0.4) is 0 Å². The van der Waals surface area contributed by atoms with Gasteiger partial charge in [-0.3, -0.25) is 9.52 Å². The number of hydrogen-bond donors (Lipinski definition) is 3. The Labute approximate surface area is 212 Å². The second-order valence-corrected chi connectivity index (χ2v) is 8.28. The summed E-state index contributed by atoms with van der Waals surface area (Å²) in [7, 11) is 1.89. The smallest absolute Gasteiger partial charge is 0.341 e. The number of rotatable bonds is 4. The molecule has 1 aliphatic rings. The first kappa shape index (κ1) is 23.9. The van der Waals surface area contributed by atoms with Crippen molar-refractivity contribution in [2.24, 2.45) is 7.05 Å². The van der Waals surface area contributed by atoms with Crippen molar-refractivity contribution in [3.63, 3.8) is 0 Å². The number of amides is 2. The number of imidazole rings is 1. The van der Waals surface area contributed by atoms with Crippen molar-refractivity contribution >= 4 is 34.4 Å². The Bertz CT molecular complexity index is 1490. The number of fused-ring (bicyclic) bond motifs is 1. The lowest BCUT2D eigenvalue weighted by atomic mass is 10.1. The van der Waals surface area contributed by atoms with Crippen LogP contribution in [0.2, 0.25) is 0 Å². The average Bonchev–Trinajstić information content (AvgIpc) is 3.70. The zero-order valence-corrected chi connectivity index (χ0v) is 20.4. The maximum atomic E-state index is 12.3. The van der Waals surface area contributed by atoms with E-state index in [9.17, 15) is 4.79 Å². The zero-order chi connectivity index (χ0) is 25.6. The molecule has 5 aromatic rings. The Morgan fingerprint density at radius 2 is 2.03 bits per heavy atom. The van der Waals surface area contributed by atoms with Crippen LogP contribution < -0.4 is 10.6 Å². The first-order chi connectivity index (χ1) is 18.1. The van der Waals surface area contributed by atoms with Crippen LogP contribution in [0.4, 0.5) is 22.0 Å². The monoisotopic (exact) mass is 498 g/mol. The van der Waals surface area contributed by atoms with Crippen molar-refractivity contribution in [1.82, 2.24) is 39.8 Å². The number of carbonyl (C=O) groups excluding carboxylic acids is 1. The molecule has 4 aromatic heterocycles. The molecule has 1 fully saturated rings. The number of nitrogens with one attached hydrogen (secondary N) is 3. The van der Waals surface area contributed by atoms with Gasteiger partial charge >= 0.3 is 6.03 Å². The molecule has 1 aromatic carbocycles. The van der Waals surface area contributed by atoms with Crippen LogP contribution in [0.5, 0.6) is 0 Å². The van der Waals surface area contributed by atoms with E-state index in [2.05, 4.69) is 40.7 Å². The van der Waals surface area contributed by atoms with Gasteiger partial charge in [0.1, 0.15) is 23.4 Å². The Morgan fingerprint density at radius 1 is 1.11 bits per heavy atom. The molecule has 6 rings (SSSR count). The maximum absolute atomic E-state index is 12.3. The second kappa shape index (κ2) is 10.8. The predicted molar refractivity (Wildman–Crippen MR) is 139 cm³/mol. The molecule has 1 aliphatic heterocycles. The van der Waals surface area contributed by atoms with Crippen LogP contribution in [-0.4, -0.2) is 58.9 Å². The number of aryl methyl sites for hydroxylation is 2. The lowest BCUT2D eigenvalue weighted by molar-refractivity contribution is -0.0614. The van der Waals surface area contributed by atoms with E-state index in [0.717, 1.165) is 28.8 Å². The SMILES string of the molecule is Cc1ccc(NC(=O)N2CCCO2)cc1Nc1ncccc1-c1ncnc2nc[nH]c12.Cn1cccn1. The third kappa shape index (κ3) is 5.54. The molecule has 188 valence electrons. The summed E-state index contributed by atoms with van der Waals surface area (Å²) in [5, 5.41) is 11.4. The Hall–Kier alpha value is -4.84. The van der Waals surface area contributed by atoms with Gasteiger partial charge in [0.2, 0.25) is 0 Å². The highest BCUT2D eigenvalue weighted by Crippen LogP contribution is 2.32. The number of nitrogens with zero attached hydrogens (tertiary/aromatic N) is 7.